The summed E-state index contributed by atoms with van der Waals surface area (Å²) in [5, 5.41) is 0. The number of rotatable bonds is 10. The summed E-state index contributed by atoms with van der Waals surface area (Å²) in [4.78, 5) is 56.8. The maximum atomic E-state index is 12.9. The Kier molecular flexibility index (Phi) is 9.40. The van der Waals surface area contributed by atoms with Crippen LogP contribution in [-0.4, -0.2) is 113 Å². The molecule has 2 aliphatic heterocycles. The van der Waals surface area contributed by atoms with Gasteiger partial charge < -0.3 is 14.5 Å². The quantitative estimate of drug-likeness (QED) is 0.187. The highest BCUT2D eigenvalue weighted by atomic mass is 17.2. The summed E-state index contributed by atoms with van der Waals surface area (Å²) in [5.41, 5.74) is -0.267. The predicted octanol–water partition coefficient (Wildman–Crippen LogP) is 2.95. The second kappa shape index (κ2) is 11.8. The highest BCUT2D eigenvalue weighted by Gasteiger charge is 2.49. The number of hydrogen-bond acceptors (Lipinski definition) is 8. The fraction of sp³-hybridized carbons (Fsp3) is 0.700. The molecular weight excluding hydrogens is 512 g/mol. The van der Waals surface area contributed by atoms with E-state index in [0.29, 0.717) is 31.7 Å². The van der Waals surface area contributed by atoms with Crippen LogP contribution in [0.3, 0.4) is 0 Å². The average Bonchev–Trinajstić information content (AvgIpc) is 2.88. The van der Waals surface area contributed by atoms with Crippen LogP contribution in [0.15, 0.2) is 24.3 Å². The van der Waals surface area contributed by atoms with Gasteiger partial charge in [0.05, 0.1) is 29.8 Å². The molecule has 2 fully saturated rings. The van der Waals surface area contributed by atoms with Crippen molar-refractivity contribution >= 4 is 17.8 Å². The van der Waals surface area contributed by atoms with Gasteiger partial charge >= 0.3 is 5.97 Å². The van der Waals surface area contributed by atoms with Gasteiger partial charge in [0.15, 0.2) is 0 Å². The summed E-state index contributed by atoms with van der Waals surface area (Å²) >= 11 is 0. The van der Waals surface area contributed by atoms with Crippen molar-refractivity contribution in [1.82, 2.24) is 19.6 Å². The van der Waals surface area contributed by atoms with Gasteiger partial charge in [0.1, 0.15) is 13.2 Å². The smallest absolute Gasteiger partial charge is 0.338 e. The molecule has 2 saturated heterocycles. The normalized spacial score (nSPS) is 22.4. The Morgan fingerprint density at radius 1 is 0.725 bits per heavy atom. The summed E-state index contributed by atoms with van der Waals surface area (Å²) in [6.07, 6.45) is 0. The molecule has 0 bridgehead atoms. The van der Waals surface area contributed by atoms with Gasteiger partial charge in [-0.25, -0.2) is 14.6 Å². The lowest BCUT2D eigenvalue weighted by Gasteiger charge is -2.53. The third-order valence-electron chi connectivity index (χ3n) is 8.81. The SMILES string of the molecule is CN1C(C)(C)CN(CCOOCc2ccc(C(=O)OCCN3CC(C)(C)N(C)C(C)(C)C3=O)cc2)C(=O)C1(C)C. The first-order chi connectivity index (χ1) is 18.4. The number of carbonyl (C=O) groups excluding carboxylic acids is 3. The van der Waals surface area contributed by atoms with E-state index in [-0.39, 0.29) is 42.7 Å². The molecule has 0 saturated carbocycles. The van der Waals surface area contributed by atoms with Crippen LogP contribution in [0.2, 0.25) is 0 Å². The lowest BCUT2D eigenvalue weighted by Crippen LogP contribution is -2.70. The Morgan fingerprint density at radius 2 is 1.18 bits per heavy atom. The molecule has 2 aliphatic rings. The van der Waals surface area contributed by atoms with Crippen molar-refractivity contribution < 1.29 is 28.9 Å². The van der Waals surface area contributed by atoms with E-state index in [9.17, 15) is 14.4 Å². The first-order valence-corrected chi connectivity index (χ1v) is 14.0. The van der Waals surface area contributed by atoms with Crippen LogP contribution in [0.25, 0.3) is 0 Å². The molecule has 0 aromatic heterocycles. The molecular formula is C30H48N4O6. The van der Waals surface area contributed by atoms with Crippen molar-refractivity contribution in [3.8, 4) is 0 Å². The highest BCUT2D eigenvalue weighted by molar-refractivity contribution is 5.89. The molecule has 2 heterocycles. The lowest BCUT2D eigenvalue weighted by atomic mass is 9.88. The van der Waals surface area contributed by atoms with E-state index < -0.39 is 17.0 Å². The summed E-state index contributed by atoms with van der Waals surface area (Å²) < 4.78 is 5.46. The maximum Gasteiger partial charge on any atom is 0.338 e. The maximum absolute atomic E-state index is 12.9. The summed E-state index contributed by atoms with van der Waals surface area (Å²) in [5.74, 6) is -0.338. The Morgan fingerprint density at radius 3 is 1.65 bits per heavy atom. The van der Waals surface area contributed by atoms with E-state index in [4.69, 9.17) is 14.5 Å². The number of piperazine rings is 2. The molecule has 0 atom stereocenters. The molecule has 0 unspecified atom stereocenters. The second-order valence-electron chi connectivity index (χ2n) is 13.2. The molecule has 0 spiro atoms. The number of ether oxygens (including phenoxy) is 1. The standard InChI is InChI=1S/C30H48N4O6/c1-27(2)20-33(25(36)29(5,6)31(27)9)15-17-38-24(35)23-13-11-22(12-14-23)19-40-39-18-16-34-21-28(3,4)32(10)30(7,8)26(34)37/h11-14H,15-21H2,1-10H3. The van der Waals surface area contributed by atoms with Crippen LogP contribution < -0.4 is 0 Å². The van der Waals surface area contributed by atoms with Crippen molar-refractivity contribution in [3.63, 3.8) is 0 Å². The molecule has 0 aliphatic carbocycles. The molecule has 40 heavy (non-hydrogen) atoms. The molecule has 2 amide bonds. The van der Waals surface area contributed by atoms with Gasteiger partial charge in [-0.05, 0) is 87.2 Å². The molecule has 10 nitrogen and oxygen atoms in total. The summed E-state index contributed by atoms with van der Waals surface area (Å²) in [6.45, 7) is 18.8. The van der Waals surface area contributed by atoms with E-state index in [0.717, 1.165) is 5.56 Å². The molecule has 10 heteroatoms. The first-order valence-electron chi connectivity index (χ1n) is 14.0. The van der Waals surface area contributed by atoms with Gasteiger partial charge in [-0.3, -0.25) is 19.4 Å². The number of amides is 2. The number of nitrogens with zero attached hydrogens (tertiary/aromatic N) is 4. The minimum atomic E-state index is -0.622. The van der Waals surface area contributed by atoms with Crippen LogP contribution in [0, 0.1) is 0 Å². The monoisotopic (exact) mass is 560 g/mol. The Balaban J connectivity index is 1.40. The lowest BCUT2D eigenvalue weighted by molar-refractivity contribution is -0.305. The van der Waals surface area contributed by atoms with Crippen molar-refractivity contribution in [3.05, 3.63) is 35.4 Å². The molecule has 3 rings (SSSR count). The molecule has 1 aromatic rings. The largest absolute Gasteiger partial charge is 0.460 e. The number of hydrogen-bond donors (Lipinski definition) is 0. The Hall–Kier alpha value is -2.53. The van der Waals surface area contributed by atoms with Crippen molar-refractivity contribution in [1.29, 1.82) is 0 Å². The summed E-state index contributed by atoms with van der Waals surface area (Å²) in [7, 11) is 3.95. The number of esters is 1. The number of benzene rings is 1. The van der Waals surface area contributed by atoms with Gasteiger partial charge in [-0.15, -0.1) is 0 Å². The van der Waals surface area contributed by atoms with Crippen molar-refractivity contribution in [2.24, 2.45) is 0 Å². The highest BCUT2D eigenvalue weighted by Crippen LogP contribution is 2.32. The van der Waals surface area contributed by atoms with E-state index in [2.05, 4.69) is 37.5 Å². The first kappa shape index (κ1) is 32.0. The summed E-state index contributed by atoms with van der Waals surface area (Å²) in [6, 6.07) is 6.93. The topological polar surface area (TPSA) is 91.9 Å². The van der Waals surface area contributed by atoms with Crippen LogP contribution in [0.4, 0.5) is 0 Å². The Labute approximate surface area is 239 Å². The fourth-order valence-corrected chi connectivity index (χ4v) is 5.61. The molecule has 224 valence electrons. The minimum absolute atomic E-state index is 0.0276. The predicted molar refractivity (Wildman–Crippen MR) is 152 cm³/mol. The van der Waals surface area contributed by atoms with Crippen LogP contribution >= 0.6 is 0 Å². The van der Waals surface area contributed by atoms with Crippen molar-refractivity contribution in [2.45, 2.75) is 84.2 Å². The van der Waals surface area contributed by atoms with E-state index in [1.54, 1.807) is 29.2 Å². The minimum Gasteiger partial charge on any atom is -0.460 e. The molecule has 1 aromatic carbocycles. The Bertz CT molecular complexity index is 1080. The third kappa shape index (κ3) is 6.67. The van der Waals surface area contributed by atoms with Gasteiger partial charge in [0.25, 0.3) is 0 Å². The zero-order valence-electron chi connectivity index (χ0n) is 26.0. The van der Waals surface area contributed by atoms with Gasteiger partial charge in [0, 0.05) is 30.7 Å². The molecule has 0 N–H and O–H groups in total. The zero-order chi connectivity index (χ0) is 30.1. The van der Waals surface area contributed by atoms with Crippen molar-refractivity contribution in [2.75, 3.05) is 53.5 Å². The number of likely N-dealkylation sites (N-methyl/N-ethyl adjacent to an activating group) is 2. The third-order valence-corrected chi connectivity index (χ3v) is 8.81. The van der Waals surface area contributed by atoms with Gasteiger partial charge in [-0.2, -0.15) is 0 Å². The van der Waals surface area contributed by atoms with Crippen LogP contribution in [-0.2, 0) is 30.7 Å². The second-order valence-corrected chi connectivity index (χ2v) is 13.2. The van der Waals surface area contributed by atoms with E-state index in [1.807, 2.05) is 46.7 Å². The van der Waals surface area contributed by atoms with Gasteiger partial charge in [-0.1, -0.05) is 12.1 Å². The van der Waals surface area contributed by atoms with E-state index in [1.165, 1.54) is 0 Å². The van der Waals surface area contributed by atoms with Crippen LogP contribution in [0.5, 0.6) is 0 Å². The fourth-order valence-electron chi connectivity index (χ4n) is 5.61. The molecule has 0 radical (unpaired) electrons. The van der Waals surface area contributed by atoms with Crippen LogP contribution in [0.1, 0.15) is 71.3 Å². The van der Waals surface area contributed by atoms with Gasteiger partial charge in [0.2, 0.25) is 11.8 Å². The van der Waals surface area contributed by atoms with E-state index >= 15 is 0 Å². The number of carbonyl (C=O) groups is 3. The zero-order valence-corrected chi connectivity index (χ0v) is 26.0. The average molecular weight is 561 g/mol.